The number of benzene rings is 1. The molecule has 6 unspecified atom stereocenters. The highest BCUT2D eigenvalue weighted by atomic mass is 32.2. The minimum Gasteiger partial charge on any atom is -0.399 e. The molecule has 5 rings (SSSR count). The summed E-state index contributed by atoms with van der Waals surface area (Å²) in [6.45, 7) is 7.32. The Bertz CT molecular complexity index is 1670. The van der Waals surface area contributed by atoms with Crippen LogP contribution in [0.1, 0.15) is 97.8 Å². The van der Waals surface area contributed by atoms with Crippen molar-refractivity contribution in [3.63, 3.8) is 0 Å². The third-order valence-electron chi connectivity index (χ3n) is 12.2. The van der Waals surface area contributed by atoms with E-state index in [1.54, 1.807) is 0 Å². The van der Waals surface area contributed by atoms with Crippen LogP contribution in [0.5, 0.6) is 0 Å². The van der Waals surface area contributed by atoms with Crippen LogP contribution in [0.15, 0.2) is 18.2 Å². The molecular formula is C48H79N9O12S2. The van der Waals surface area contributed by atoms with Crippen LogP contribution in [0, 0.1) is 0 Å². The molecular weight excluding hydrogens is 959 g/mol. The van der Waals surface area contributed by atoms with Crippen molar-refractivity contribution in [2.75, 3.05) is 123 Å². The van der Waals surface area contributed by atoms with Gasteiger partial charge in [-0.1, -0.05) is 12.8 Å². The molecule has 400 valence electrons. The number of hydrogen-bond acceptors (Lipinski definition) is 15. The number of rotatable bonds is 40. The quantitative estimate of drug-likeness (QED) is 0.0259. The fourth-order valence-corrected chi connectivity index (χ4v) is 11.6. The van der Waals surface area contributed by atoms with Crippen LogP contribution >= 0.6 is 23.5 Å². The summed E-state index contributed by atoms with van der Waals surface area (Å²) in [4.78, 5) is 72.9. The molecule has 71 heavy (non-hydrogen) atoms. The predicted octanol–water partition coefficient (Wildman–Crippen LogP) is 2.07. The molecule has 8 amide bonds. The van der Waals surface area contributed by atoms with Gasteiger partial charge in [0.25, 0.3) is 11.8 Å². The lowest BCUT2D eigenvalue weighted by atomic mass is 10.0. The van der Waals surface area contributed by atoms with Crippen LogP contribution in [-0.4, -0.2) is 187 Å². The second-order valence-electron chi connectivity index (χ2n) is 17.9. The number of anilines is 1. The summed E-state index contributed by atoms with van der Waals surface area (Å²) in [6, 6.07) is 5.32. The molecule has 4 saturated heterocycles. The van der Waals surface area contributed by atoms with E-state index in [2.05, 4.69) is 42.5 Å². The van der Waals surface area contributed by atoms with Crippen LogP contribution in [0.2, 0.25) is 0 Å². The zero-order valence-electron chi connectivity index (χ0n) is 41.2. The number of hydrogen-bond donors (Lipinski definition) is 9. The van der Waals surface area contributed by atoms with Crippen molar-refractivity contribution in [2.45, 2.75) is 112 Å². The molecule has 0 aromatic heterocycles. The topological polar surface area (TPSA) is 280 Å². The first kappa shape index (κ1) is 57.8. The van der Waals surface area contributed by atoms with Gasteiger partial charge in [-0.3, -0.25) is 19.2 Å². The van der Waals surface area contributed by atoms with Crippen LogP contribution in [0.3, 0.4) is 0 Å². The van der Waals surface area contributed by atoms with Crippen molar-refractivity contribution in [1.82, 2.24) is 42.5 Å². The first-order valence-corrected chi connectivity index (χ1v) is 27.6. The highest BCUT2D eigenvalue weighted by Crippen LogP contribution is 2.34. The number of ether oxygens (including phenoxy) is 6. The van der Waals surface area contributed by atoms with Gasteiger partial charge in [-0.05, 0) is 69.6 Å². The van der Waals surface area contributed by atoms with Crippen molar-refractivity contribution in [2.24, 2.45) is 0 Å². The Labute approximate surface area is 426 Å². The van der Waals surface area contributed by atoms with E-state index in [1.807, 2.05) is 23.5 Å². The molecule has 4 fully saturated rings. The Morgan fingerprint density at radius 3 is 1.21 bits per heavy atom. The number of thioether (sulfide) groups is 2. The van der Waals surface area contributed by atoms with Gasteiger partial charge in [0.2, 0.25) is 11.8 Å². The molecule has 0 radical (unpaired) electrons. The van der Waals surface area contributed by atoms with Gasteiger partial charge in [-0.15, -0.1) is 0 Å². The van der Waals surface area contributed by atoms with Crippen LogP contribution in [-0.2, 0) is 38.0 Å². The van der Waals surface area contributed by atoms with Gasteiger partial charge in [0.15, 0.2) is 0 Å². The zero-order chi connectivity index (χ0) is 50.3. The fraction of sp³-hybridized carbons (Fsp3) is 0.750. The Balaban J connectivity index is 0.729. The lowest BCUT2D eigenvalue weighted by molar-refractivity contribution is -0.122. The summed E-state index contributed by atoms with van der Waals surface area (Å²) >= 11 is 3.79. The van der Waals surface area contributed by atoms with E-state index in [0.717, 1.165) is 62.9 Å². The maximum absolute atomic E-state index is 12.8. The lowest BCUT2D eigenvalue weighted by Gasteiger charge is -2.16. The van der Waals surface area contributed by atoms with E-state index in [1.165, 1.54) is 18.2 Å². The third kappa shape index (κ3) is 23.1. The molecule has 0 bridgehead atoms. The number of urea groups is 2. The molecule has 6 atom stereocenters. The van der Waals surface area contributed by atoms with Crippen LogP contribution < -0.4 is 48.3 Å². The Kier molecular flexibility index (Phi) is 28.0. The van der Waals surface area contributed by atoms with Gasteiger partial charge in [-0.2, -0.15) is 23.5 Å². The molecule has 1 aromatic rings. The first-order valence-electron chi connectivity index (χ1n) is 25.5. The Morgan fingerprint density at radius 2 is 0.831 bits per heavy atom. The molecule has 4 heterocycles. The van der Waals surface area contributed by atoms with Gasteiger partial charge in [0.1, 0.15) is 0 Å². The smallest absolute Gasteiger partial charge is 0.315 e. The zero-order valence-corrected chi connectivity index (χ0v) is 42.8. The SMILES string of the molecule is Nc1cc(C(=O)NCCCOCCOCCOCCCNC(=O)CCCCC2SCC3NC(=O)NC32)cc(C(=O)NCCCOCCOCCOCCCNC(=O)CCCCC2SCC3NC(=O)NC32)c1. The summed E-state index contributed by atoms with van der Waals surface area (Å²) in [5.74, 6) is 1.34. The molecule has 0 saturated carbocycles. The molecule has 1 aromatic carbocycles. The minimum atomic E-state index is -0.334. The van der Waals surface area contributed by atoms with Gasteiger partial charge in [0.05, 0.1) is 77.0 Å². The van der Waals surface area contributed by atoms with E-state index < -0.39 is 0 Å². The maximum Gasteiger partial charge on any atom is 0.315 e. The third-order valence-corrected chi connectivity index (χ3v) is 15.2. The summed E-state index contributed by atoms with van der Waals surface area (Å²) < 4.78 is 33.5. The second-order valence-corrected chi connectivity index (χ2v) is 20.4. The van der Waals surface area contributed by atoms with Gasteiger partial charge in [0, 0.05) is 104 Å². The number of carbonyl (C=O) groups excluding carboxylic acids is 6. The van der Waals surface area contributed by atoms with Crippen molar-refractivity contribution in [3.8, 4) is 0 Å². The molecule has 10 N–H and O–H groups in total. The summed E-state index contributed by atoms with van der Waals surface area (Å²) in [7, 11) is 0. The number of unbranched alkanes of at least 4 members (excludes halogenated alkanes) is 2. The Morgan fingerprint density at radius 1 is 0.479 bits per heavy atom. The van der Waals surface area contributed by atoms with Crippen LogP contribution in [0.25, 0.3) is 0 Å². The number of amides is 8. The number of nitrogens with two attached hydrogens (primary N) is 1. The fourth-order valence-electron chi connectivity index (χ4n) is 8.48. The van der Waals surface area contributed by atoms with Gasteiger partial charge in [-0.25, -0.2) is 9.59 Å². The summed E-state index contributed by atoms with van der Waals surface area (Å²) in [6.07, 6.45) is 9.26. The highest BCUT2D eigenvalue weighted by molar-refractivity contribution is 8.00. The maximum atomic E-state index is 12.8. The van der Waals surface area contributed by atoms with Gasteiger partial charge >= 0.3 is 12.1 Å². The van der Waals surface area contributed by atoms with E-state index in [0.29, 0.717) is 158 Å². The number of carbonyl (C=O) groups is 6. The first-order chi connectivity index (χ1) is 34.7. The average molecular weight is 1040 g/mol. The minimum absolute atomic E-state index is 0.0554. The monoisotopic (exact) mass is 1040 g/mol. The predicted molar refractivity (Wildman–Crippen MR) is 273 cm³/mol. The van der Waals surface area contributed by atoms with E-state index in [4.69, 9.17) is 34.2 Å². The number of nitrogens with one attached hydrogen (secondary N) is 8. The van der Waals surface area contributed by atoms with Crippen molar-refractivity contribution < 1.29 is 57.2 Å². The molecule has 0 spiro atoms. The Hall–Kier alpha value is -4.10. The number of nitrogen functional groups attached to an aromatic ring is 1. The van der Waals surface area contributed by atoms with E-state index >= 15 is 0 Å². The molecule has 4 aliphatic heterocycles. The summed E-state index contributed by atoms with van der Waals surface area (Å²) in [5.41, 5.74) is 6.92. The number of fused-ring (bicyclic) bond motifs is 2. The van der Waals surface area contributed by atoms with Crippen molar-refractivity contribution >= 4 is 64.9 Å². The van der Waals surface area contributed by atoms with Gasteiger partial charge < -0.3 is 76.7 Å². The van der Waals surface area contributed by atoms with E-state index in [-0.39, 0.29) is 59.9 Å². The molecule has 4 aliphatic rings. The average Bonchev–Trinajstić information content (AvgIpc) is 4.13. The van der Waals surface area contributed by atoms with Crippen LogP contribution in [0.4, 0.5) is 15.3 Å². The van der Waals surface area contributed by atoms with Crippen molar-refractivity contribution in [1.29, 1.82) is 0 Å². The highest BCUT2D eigenvalue weighted by Gasteiger charge is 2.43. The normalized spacial score (nSPS) is 20.9. The standard InChI is InChI=1S/C48H79N9O12S2/c49-36-30-34(45(60)52-15-7-19-66-23-27-68-25-21-64-17-5-13-50-41(58)11-3-1-9-39-43-37(32-70-39)54-47(62)56-43)29-35(31-36)46(61)53-16-8-20-67-24-28-69-26-22-65-18-6-14-51-42(59)12-4-2-10-40-44-38(33-71-40)55-48(63)57-44/h29-31,37-40,43-44H,1-28,32-33,49H2,(H,50,58)(H,51,59)(H,52,60)(H,53,61)(H2,54,56,62)(H2,55,57,63). The largest absolute Gasteiger partial charge is 0.399 e. The second kappa shape index (κ2) is 34.3. The van der Waals surface area contributed by atoms with E-state index in [9.17, 15) is 28.8 Å². The van der Waals surface area contributed by atoms with Crippen molar-refractivity contribution in [3.05, 3.63) is 29.3 Å². The summed E-state index contributed by atoms with van der Waals surface area (Å²) in [5, 5.41) is 24.3. The molecule has 0 aliphatic carbocycles. The lowest BCUT2D eigenvalue weighted by Crippen LogP contribution is -2.36. The molecule has 23 heteroatoms. The molecule has 21 nitrogen and oxygen atoms in total.